The highest BCUT2D eigenvalue weighted by Crippen LogP contribution is 2.17. The third kappa shape index (κ3) is 8.00. The molecule has 0 saturated heterocycles. The smallest absolute Gasteiger partial charge is 0.343 e. The first-order valence-electron chi connectivity index (χ1n) is 12.3. The average molecular weight is 526 g/mol. The van der Waals surface area contributed by atoms with Crippen molar-refractivity contribution >= 4 is 29.8 Å². The maximum absolute atomic E-state index is 13.2. The fraction of sp³-hybridized carbons (Fsp3) is 0.161. The second-order valence-electron chi connectivity index (χ2n) is 8.67. The van der Waals surface area contributed by atoms with Gasteiger partial charge in [0.25, 0.3) is 0 Å². The van der Waals surface area contributed by atoms with Gasteiger partial charge in [0.15, 0.2) is 0 Å². The first-order chi connectivity index (χ1) is 18.7. The van der Waals surface area contributed by atoms with Crippen LogP contribution in [0.5, 0.6) is 5.75 Å². The first kappa shape index (κ1) is 28.6. The molecule has 0 aliphatic heterocycles. The number of rotatable bonds is 11. The minimum Gasteiger partial charge on any atom is -0.462 e. The molecule has 0 aromatic heterocycles. The van der Waals surface area contributed by atoms with Gasteiger partial charge in [-0.3, -0.25) is 10.2 Å². The Morgan fingerprint density at radius 1 is 0.897 bits per heavy atom. The van der Waals surface area contributed by atoms with Crippen LogP contribution in [-0.2, 0) is 16.1 Å². The molecule has 3 aromatic rings. The number of nitrogens with two attached hydrogens (primary N) is 1. The Labute approximate surface area is 227 Å². The van der Waals surface area contributed by atoms with E-state index in [1.165, 1.54) is 0 Å². The maximum atomic E-state index is 13.2. The summed E-state index contributed by atoms with van der Waals surface area (Å²) < 4.78 is 10.4. The summed E-state index contributed by atoms with van der Waals surface area (Å²) in [5.74, 6) is -0.804. The van der Waals surface area contributed by atoms with Crippen molar-refractivity contribution in [3.63, 3.8) is 0 Å². The normalized spacial score (nSPS) is 10.9. The largest absolute Gasteiger partial charge is 0.462 e. The van der Waals surface area contributed by atoms with E-state index in [1.54, 1.807) is 104 Å². The molecule has 200 valence electrons. The van der Waals surface area contributed by atoms with E-state index < -0.39 is 5.97 Å². The van der Waals surface area contributed by atoms with Crippen molar-refractivity contribution in [2.24, 2.45) is 5.73 Å². The summed E-state index contributed by atoms with van der Waals surface area (Å²) in [6.07, 6.45) is 3.41. The summed E-state index contributed by atoms with van der Waals surface area (Å²) in [5, 5.41) is 7.43. The summed E-state index contributed by atoms with van der Waals surface area (Å²) >= 11 is 0. The molecule has 3 N–H and O–H groups in total. The summed E-state index contributed by atoms with van der Waals surface area (Å²) in [4.78, 5) is 39.2. The van der Waals surface area contributed by atoms with E-state index in [-0.39, 0.29) is 17.7 Å². The lowest BCUT2D eigenvalue weighted by Gasteiger charge is -2.22. The van der Waals surface area contributed by atoms with Gasteiger partial charge in [-0.25, -0.2) is 9.59 Å². The van der Waals surface area contributed by atoms with Crippen LogP contribution in [0.1, 0.15) is 51.3 Å². The quantitative estimate of drug-likeness (QED) is 0.0909. The van der Waals surface area contributed by atoms with Crippen molar-refractivity contribution < 1.29 is 23.9 Å². The van der Waals surface area contributed by atoms with Crippen molar-refractivity contribution in [1.29, 1.82) is 5.41 Å². The molecule has 39 heavy (non-hydrogen) atoms. The Morgan fingerprint density at radius 3 is 2.03 bits per heavy atom. The number of ether oxygens (including phenoxy) is 2. The van der Waals surface area contributed by atoms with Gasteiger partial charge in [-0.05, 0) is 79.6 Å². The fourth-order valence-electron chi connectivity index (χ4n) is 3.70. The number of carbonyl (C=O) groups is 3. The van der Waals surface area contributed by atoms with Gasteiger partial charge in [0.2, 0.25) is 5.91 Å². The summed E-state index contributed by atoms with van der Waals surface area (Å²) in [7, 11) is 0. The van der Waals surface area contributed by atoms with E-state index in [4.69, 9.17) is 20.6 Å². The summed E-state index contributed by atoms with van der Waals surface area (Å²) in [6, 6.07) is 20.0. The minimum atomic E-state index is -0.528. The monoisotopic (exact) mass is 525 g/mol. The highest BCUT2D eigenvalue weighted by Gasteiger charge is 2.16. The third-order valence-electron chi connectivity index (χ3n) is 5.72. The highest BCUT2D eigenvalue weighted by molar-refractivity contribution is 5.98. The van der Waals surface area contributed by atoms with Crippen LogP contribution in [0.2, 0.25) is 0 Å². The van der Waals surface area contributed by atoms with Crippen molar-refractivity contribution in [2.75, 3.05) is 13.2 Å². The zero-order valence-corrected chi connectivity index (χ0v) is 22.0. The number of nitrogens with one attached hydrogen (secondary N) is 1. The van der Waals surface area contributed by atoms with E-state index in [2.05, 4.69) is 6.58 Å². The van der Waals surface area contributed by atoms with Gasteiger partial charge in [0.05, 0.1) is 17.7 Å². The van der Waals surface area contributed by atoms with E-state index in [0.717, 1.165) is 11.1 Å². The molecule has 0 atom stereocenters. The average Bonchev–Trinajstić information content (AvgIpc) is 2.93. The molecule has 0 heterocycles. The van der Waals surface area contributed by atoms with E-state index in [9.17, 15) is 14.4 Å². The van der Waals surface area contributed by atoms with E-state index in [0.29, 0.717) is 47.7 Å². The van der Waals surface area contributed by atoms with Crippen molar-refractivity contribution in [3.05, 3.63) is 119 Å². The molecule has 0 bridgehead atoms. The van der Waals surface area contributed by atoms with Crippen molar-refractivity contribution in [2.45, 2.75) is 20.4 Å². The third-order valence-corrected chi connectivity index (χ3v) is 5.72. The number of hydrogen-bond donors (Lipinski definition) is 2. The summed E-state index contributed by atoms with van der Waals surface area (Å²) in [5.41, 5.74) is 8.92. The van der Waals surface area contributed by atoms with Crippen LogP contribution >= 0.6 is 0 Å². The molecule has 0 aliphatic carbocycles. The van der Waals surface area contributed by atoms with Gasteiger partial charge in [-0.2, -0.15) is 0 Å². The number of esters is 2. The molecule has 0 aliphatic rings. The Morgan fingerprint density at radius 2 is 1.46 bits per heavy atom. The van der Waals surface area contributed by atoms with Crippen LogP contribution in [-0.4, -0.2) is 41.7 Å². The number of amidine groups is 1. The lowest BCUT2D eigenvalue weighted by molar-refractivity contribution is -0.127. The van der Waals surface area contributed by atoms with Gasteiger partial charge >= 0.3 is 11.9 Å². The number of amides is 1. The van der Waals surface area contributed by atoms with Crippen LogP contribution in [0, 0.1) is 5.41 Å². The molecular weight excluding hydrogens is 494 g/mol. The Bertz CT molecular complexity index is 1380. The van der Waals surface area contributed by atoms with Crippen LogP contribution in [0.3, 0.4) is 0 Å². The highest BCUT2D eigenvalue weighted by atomic mass is 16.5. The van der Waals surface area contributed by atoms with Gasteiger partial charge in [0, 0.05) is 24.2 Å². The molecule has 0 fully saturated rings. The Balaban J connectivity index is 1.66. The zero-order chi connectivity index (χ0) is 28.4. The number of carbonyl (C=O) groups excluding carboxylic acids is 3. The molecule has 0 radical (unpaired) electrons. The lowest BCUT2D eigenvalue weighted by atomic mass is 10.1. The lowest BCUT2D eigenvalue weighted by Crippen LogP contribution is -2.31. The first-order valence-corrected chi connectivity index (χ1v) is 12.3. The molecule has 8 nitrogen and oxygen atoms in total. The molecule has 8 heteroatoms. The predicted octanol–water partition coefficient (Wildman–Crippen LogP) is 4.98. The van der Waals surface area contributed by atoms with Crippen LogP contribution < -0.4 is 10.5 Å². The molecule has 3 aromatic carbocycles. The summed E-state index contributed by atoms with van der Waals surface area (Å²) in [6.45, 7) is 8.24. The van der Waals surface area contributed by atoms with Gasteiger partial charge in [0.1, 0.15) is 11.6 Å². The number of benzene rings is 3. The molecular formula is C31H31N3O5. The van der Waals surface area contributed by atoms with E-state index >= 15 is 0 Å². The topological polar surface area (TPSA) is 123 Å². The molecule has 0 spiro atoms. The Kier molecular flexibility index (Phi) is 9.92. The zero-order valence-electron chi connectivity index (χ0n) is 22.0. The van der Waals surface area contributed by atoms with Gasteiger partial charge in [-0.15, -0.1) is 6.58 Å². The van der Waals surface area contributed by atoms with Crippen LogP contribution in [0.4, 0.5) is 0 Å². The van der Waals surface area contributed by atoms with Crippen LogP contribution in [0.15, 0.2) is 91.0 Å². The van der Waals surface area contributed by atoms with Crippen LogP contribution in [0.25, 0.3) is 6.08 Å². The standard InChI is InChI=1S/C31H31N3O5/c1-4-18-34(20-23-8-12-25(13-9-23)30(36)38-5-2)29(35)21(3)19-22-6-10-26(11-7-22)31(37)39-27-16-14-24(15-17-27)28(32)33/h4,6-17,19H,1,5,18,20H2,2-3H3,(H3,32,33). The minimum absolute atomic E-state index is 0.0670. The molecule has 1 amide bonds. The molecule has 0 saturated carbocycles. The SMILES string of the molecule is C=CCN(Cc1ccc(C(=O)OCC)cc1)C(=O)C(C)=Cc1ccc(C(=O)Oc2ccc(C(=N)N)cc2)cc1. The van der Waals surface area contributed by atoms with Gasteiger partial charge < -0.3 is 20.1 Å². The molecule has 3 rings (SSSR count). The molecule has 0 unspecified atom stereocenters. The maximum Gasteiger partial charge on any atom is 0.343 e. The number of nitrogen functional groups attached to an aromatic ring is 1. The fourth-order valence-corrected chi connectivity index (χ4v) is 3.70. The Hall–Kier alpha value is -4.98. The van der Waals surface area contributed by atoms with E-state index in [1.807, 2.05) is 0 Å². The second kappa shape index (κ2) is 13.5. The number of hydrogen-bond acceptors (Lipinski definition) is 6. The number of nitrogens with zero attached hydrogens (tertiary/aromatic N) is 1. The predicted molar refractivity (Wildman–Crippen MR) is 151 cm³/mol. The van der Waals surface area contributed by atoms with Crippen molar-refractivity contribution in [1.82, 2.24) is 4.90 Å². The van der Waals surface area contributed by atoms with Gasteiger partial charge in [-0.1, -0.05) is 30.3 Å². The second-order valence-corrected chi connectivity index (χ2v) is 8.67. The van der Waals surface area contributed by atoms with Crippen molar-refractivity contribution in [3.8, 4) is 5.75 Å².